The van der Waals surface area contributed by atoms with Gasteiger partial charge >= 0.3 is 0 Å². The summed E-state index contributed by atoms with van der Waals surface area (Å²) in [6, 6.07) is 1.98. The standard InChI is InChI=1S/C10H15NO/c1-6-5-9(11)8(3)10(12-4)7(6)2/h5H,11H2,1-4H3. The second-order valence-electron chi connectivity index (χ2n) is 3.07. The van der Waals surface area contributed by atoms with Gasteiger partial charge in [0.05, 0.1) is 7.11 Å². The van der Waals surface area contributed by atoms with Crippen molar-refractivity contribution in [1.82, 2.24) is 0 Å². The minimum atomic E-state index is 0.801. The van der Waals surface area contributed by atoms with Crippen molar-refractivity contribution in [3.63, 3.8) is 0 Å². The Balaban J connectivity index is 3.42. The number of ether oxygens (including phenoxy) is 1. The summed E-state index contributed by atoms with van der Waals surface area (Å²) in [6.45, 7) is 6.05. The molecule has 0 aliphatic carbocycles. The van der Waals surface area contributed by atoms with Crippen molar-refractivity contribution < 1.29 is 4.74 Å². The van der Waals surface area contributed by atoms with E-state index in [1.807, 2.05) is 26.8 Å². The molecule has 0 saturated heterocycles. The summed E-state index contributed by atoms with van der Waals surface area (Å²) in [4.78, 5) is 0. The van der Waals surface area contributed by atoms with Gasteiger partial charge < -0.3 is 10.5 Å². The number of benzene rings is 1. The molecule has 0 unspecified atom stereocenters. The van der Waals surface area contributed by atoms with Gasteiger partial charge in [-0.05, 0) is 38.0 Å². The molecule has 0 spiro atoms. The van der Waals surface area contributed by atoms with E-state index in [-0.39, 0.29) is 0 Å². The zero-order valence-corrected chi connectivity index (χ0v) is 8.06. The van der Waals surface area contributed by atoms with Crippen LogP contribution in [0.15, 0.2) is 6.07 Å². The Kier molecular flexibility index (Phi) is 2.27. The highest BCUT2D eigenvalue weighted by atomic mass is 16.5. The molecule has 0 bridgehead atoms. The van der Waals surface area contributed by atoms with Crippen molar-refractivity contribution in [1.29, 1.82) is 0 Å². The summed E-state index contributed by atoms with van der Waals surface area (Å²) in [5.41, 5.74) is 9.96. The van der Waals surface area contributed by atoms with Gasteiger partial charge in [0.15, 0.2) is 0 Å². The van der Waals surface area contributed by atoms with E-state index < -0.39 is 0 Å². The van der Waals surface area contributed by atoms with Gasteiger partial charge in [0.2, 0.25) is 0 Å². The van der Waals surface area contributed by atoms with Gasteiger partial charge in [0.1, 0.15) is 5.75 Å². The summed E-state index contributed by atoms with van der Waals surface area (Å²) in [7, 11) is 1.67. The van der Waals surface area contributed by atoms with Crippen LogP contribution in [0.1, 0.15) is 16.7 Å². The maximum absolute atomic E-state index is 5.79. The topological polar surface area (TPSA) is 35.2 Å². The zero-order chi connectivity index (χ0) is 9.30. The predicted molar refractivity (Wildman–Crippen MR) is 51.6 cm³/mol. The Morgan fingerprint density at radius 2 is 1.75 bits per heavy atom. The van der Waals surface area contributed by atoms with Crippen LogP contribution in [0.3, 0.4) is 0 Å². The van der Waals surface area contributed by atoms with Crippen LogP contribution in [0.5, 0.6) is 5.75 Å². The molecule has 0 aliphatic rings. The normalized spacial score (nSPS) is 10.0. The van der Waals surface area contributed by atoms with Crippen LogP contribution in [0, 0.1) is 20.8 Å². The number of methoxy groups -OCH3 is 1. The lowest BCUT2D eigenvalue weighted by molar-refractivity contribution is 0.408. The molecule has 0 saturated carbocycles. The van der Waals surface area contributed by atoms with Gasteiger partial charge in [-0.25, -0.2) is 0 Å². The maximum atomic E-state index is 5.79. The first-order valence-corrected chi connectivity index (χ1v) is 3.98. The fourth-order valence-corrected chi connectivity index (χ4v) is 1.35. The number of rotatable bonds is 1. The summed E-state index contributed by atoms with van der Waals surface area (Å²) in [5.74, 6) is 0.910. The van der Waals surface area contributed by atoms with Crippen LogP contribution >= 0.6 is 0 Å². The molecule has 2 nitrogen and oxygen atoms in total. The molecular formula is C10H15NO. The number of hydrogen-bond donors (Lipinski definition) is 1. The van der Waals surface area contributed by atoms with Crippen LogP contribution in [0.25, 0.3) is 0 Å². The van der Waals surface area contributed by atoms with Gasteiger partial charge in [0, 0.05) is 11.3 Å². The lowest BCUT2D eigenvalue weighted by atomic mass is 10.0. The van der Waals surface area contributed by atoms with E-state index in [4.69, 9.17) is 10.5 Å². The fraction of sp³-hybridized carbons (Fsp3) is 0.400. The third-order valence-electron chi connectivity index (χ3n) is 2.28. The Hall–Kier alpha value is -1.18. The quantitative estimate of drug-likeness (QED) is 0.647. The molecular weight excluding hydrogens is 150 g/mol. The molecule has 1 aromatic rings. The second kappa shape index (κ2) is 3.05. The van der Waals surface area contributed by atoms with Crippen LogP contribution in [-0.4, -0.2) is 7.11 Å². The number of anilines is 1. The van der Waals surface area contributed by atoms with Crippen molar-refractivity contribution in [2.75, 3.05) is 12.8 Å². The van der Waals surface area contributed by atoms with Gasteiger partial charge in [0.25, 0.3) is 0 Å². The van der Waals surface area contributed by atoms with Crippen LogP contribution < -0.4 is 10.5 Å². The molecule has 0 heterocycles. The summed E-state index contributed by atoms with van der Waals surface area (Å²) in [5, 5.41) is 0. The number of nitrogen functional groups attached to an aromatic ring is 1. The Bertz CT molecular complexity index is 279. The molecule has 0 aliphatic heterocycles. The molecule has 0 atom stereocenters. The Morgan fingerprint density at radius 1 is 1.17 bits per heavy atom. The molecule has 12 heavy (non-hydrogen) atoms. The number of aryl methyl sites for hydroxylation is 1. The molecule has 2 heteroatoms. The van der Waals surface area contributed by atoms with Crippen LogP contribution in [0.4, 0.5) is 5.69 Å². The van der Waals surface area contributed by atoms with Crippen molar-refractivity contribution in [3.8, 4) is 5.75 Å². The second-order valence-corrected chi connectivity index (χ2v) is 3.07. The summed E-state index contributed by atoms with van der Waals surface area (Å²) < 4.78 is 5.26. The van der Waals surface area contributed by atoms with Crippen LogP contribution in [-0.2, 0) is 0 Å². The highest BCUT2D eigenvalue weighted by Crippen LogP contribution is 2.29. The van der Waals surface area contributed by atoms with Crippen LogP contribution in [0.2, 0.25) is 0 Å². The average Bonchev–Trinajstić information content (AvgIpc) is 2.02. The highest BCUT2D eigenvalue weighted by Gasteiger charge is 2.07. The summed E-state index contributed by atoms with van der Waals surface area (Å²) in [6.07, 6.45) is 0. The van der Waals surface area contributed by atoms with Crippen molar-refractivity contribution in [2.45, 2.75) is 20.8 Å². The van der Waals surface area contributed by atoms with E-state index in [0.717, 1.165) is 17.0 Å². The average molecular weight is 165 g/mol. The largest absolute Gasteiger partial charge is 0.496 e. The van der Waals surface area contributed by atoms with Gasteiger partial charge in [-0.3, -0.25) is 0 Å². The smallest absolute Gasteiger partial charge is 0.126 e. The Labute approximate surface area is 73.3 Å². The van der Waals surface area contributed by atoms with E-state index >= 15 is 0 Å². The van der Waals surface area contributed by atoms with Crippen molar-refractivity contribution in [2.24, 2.45) is 0 Å². The molecule has 0 amide bonds. The molecule has 1 rings (SSSR count). The molecule has 2 N–H and O–H groups in total. The molecule has 1 aromatic carbocycles. The molecule has 0 radical (unpaired) electrons. The molecule has 0 aromatic heterocycles. The van der Waals surface area contributed by atoms with Gasteiger partial charge in [-0.1, -0.05) is 0 Å². The number of hydrogen-bond acceptors (Lipinski definition) is 2. The first-order valence-electron chi connectivity index (χ1n) is 3.98. The first-order chi connectivity index (χ1) is 5.57. The summed E-state index contributed by atoms with van der Waals surface area (Å²) >= 11 is 0. The fourth-order valence-electron chi connectivity index (χ4n) is 1.35. The zero-order valence-electron chi connectivity index (χ0n) is 8.06. The van der Waals surface area contributed by atoms with Gasteiger partial charge in [-0.15, -0.1) is 0 Å². The lowest BCUT2D eigenvalue weighted by Crippen LogP contribution is -1.98. The van der Waals surface area contributed by atoms with E-state index in [1.165, 1.54) is 11.1 Å². The monoisotopic (exact) mass is 165 g/mol. The SMILES string of the molecule is COc1c(C)c(C)cc(N)c1C. The van der Waals surface area contributed by atoms with Gasteiger partial charge in [-0.2, -0.15) is 0 Å². The number of nitrogens with two attached hydrogens (primary N) is 1. The van der Waals surface area contributed by atoms with E-state index in [9.17, 15) is 0 Å². The molecule has 0 fully saturated rings. The maximum Gasteiger partial charge on any atom is 0.126 e. The van der Waals surface area contributed by atoms with E-state index in [0.29, 0.717) is 0 Å². The minimum absolute atomic E-state index is 0.801. The highest BCUT2D eigenvalue weighted by molar-refractivity contribution is 5.59. The van der Waals surface area contributed by atoms with E-state index in [1.54, 1.807) is 7.11 Å². The first kappa shape index (κ1) is 8.91. The van der Waals surface area contributed by atoms with E-state index in [2.05, 4.69) is 0 Å². The van der Waals surface area contributed by atoms with Crippen molar-refractivity contribution >= 4 is 5.69 Å². The predicted octanol–water partition coefficient (Wildman–Crippen LogP) is 2.20. The molecule has 66 valence electrons. The lowest BCUT2D eigenvalue weighted by Gasteiger charge is -2.12. The van der Waals surface area contributed by atoms with Crippen molar-refractivity contribution in [3.05, 3.63) is 22.8 Å². The Morgan fingerprint density at radius 3 is 2.25 bits per heavy atom. The minimum Gasteiger partial charge on any atom is -0.496 e. The third kappa shape index (κ3) is 1.24. The third-order valence-corrected chi connectivity index (χ3v) is 2.28.